The third kappa shape index (κ3) is 4.89. The van der Waals surface area contributed by atoms with E-state index in [0.29, 0.717) is 32.0 Å². The van der Waals surface area contributed by atoms with Gasteiger partial charge in [0.1, 0.15) is 22.9 Å². The first kappa shape index (κ1) is 25.2. The Hall–Kier alpha value is -3.93. The molecule has 3 aromatic rings. The molecular formula is C23H23ClF2N6O4. The molecule has 1 saturated heterocycles. The molecule has 2 amide bonds. The van der Waals surface area contributed by atoms with Crippen molar-refractivity contribution in [3.05, 3.63) is 40.9 Å². The normalized spacial score (nSPS) is 13.7. The number of piperazine rings is 1. The van der Waals surface area contributed by atoms with Gasteiger partial charge in [0, 0.05) is 43.7 Å². The standard InChI is InChI=1S/C23H23ClF2N6O4/c1-36-16(34)5-6-28-23-29-20-12(21(30-23)31-7-9-32(10-8-31)22(27)35)11-13(24)17(19(20)26)18-14(25)3-2-4-15(18)33/h2-4,11,33H,5-10H2,1H3,(H2,27,35)(H,28,29,30). The highest BCUT2D eigenvalue weighted by molar-refractivity contribution is 6.34. The van der Waals surface area contributed by atoms with Crippen molar-refractivity contribution < 1.29 is 28.2 Å². The van der Waals surface area contributed by atoms with Crippen LogP contribution in [0.15, 0.2) is 24.3 Å². The number of hydrogen-bond acceptors (Lipinski definition) is 8. The Morgan fingerprint density at radius 2 is 1.92 bits per heavy atom. The lowest BCUT2D eigenvalue weighted by atomic mass is 10.0. The number of ether oxygens (including phenoxy) is 1. The monoisotopic (exact) mass is 520 g/mol. The molecule has 4 rings (SSSR count). The summed E-state index contributed by atoms with van der Waals surface area (Å²) in [6, 6.07) is 4.46. The first-order valence-corrected chi connectivity index (χ1v) is 11.4. The molecule has 4 N–H and O–H groups in total. The average Bonchev–Trinajstić information content (AvgIpc) is 2.85. The summed E-state index contributed by atoms with van der Waals surface area (Å²) in [4.78, 5) is 35.1. The Labute approximate surface area is 209 Å². The number of anilines is 2. The number of nitrogens with zero attached hydrogens (tertiary/aromatic N) is 4. The summed E-state index contributed by atoms with van der Waals surface area (Å²) in [7, 11) is 1.26. The number of hydrogen-bond donors (Lipinski definition) is 3. The molecule has 190 valence electrons. The van der Waals surface area contributed by atoms with Crippen LogP contribution in [0.1, 0.15) is 6.42 Å². The minimum atomic E-state index is -0.951. The van der Waals surface area contributed by atoms with Gasteiger partial charge in [0.2, 0.25) is 5.95 Å². The maximum Gasteiger partial charge on any atom is 0.314 e. The summed E-state index contributed by atoms with van der Waals surface area (Å²) < 4.78 is 35.2. The number of carbonyl (C=O) groups is 2. The van der Waals surface area contributed by atoms with E-state index in [0.717, 1.165) is 6.07 Å². The maximum atomic E-state index is 15.9. The van der Waals surface area contributed by atoms with Crippen LogP contribution in [-0.4, -0.2) is 71.8 Å². The van der Waals surface area contributed by atoms with Gasteiger partial charge < -0.3 is 30.7 Å². The van der Waals surface area contributed by atoms with Gasteiger partial charge in [0.05, 0.1) is 24.1 Å². The highest BCUT2D eigenvalue weighted by Crippen LogP contribution is 2.42. The Morgan fingerprint density at radius 3 is 2.56 bits per heavy atom. The van der Waals surface area contributed by atoms with Gasteiger partial charge >= 0.3 is 12.0 Å². The van der Waals surface area contributed by atoms with Gasteiger partial charge in [0.15, 0.2) is 5.82 Å². The minimum absolute atomic E-state index is 0.0158. The number of phenols is 1. The number of amides is 2. The zero-order valence-electron chi connectivity index (χ0n) is 19.2. The van der Waals surface area contributed by atoms with Crippen LogP contribution in [0.4, 0.5) is 25.3 Å². The molecule has 0 unspecified atom stereocenters. The van der Waals surface area contributed by atoms with Gasteiger partial charge in [-0.2, -0.15) is 4.98 Å². The summed E-state index contributed by atoms with van der Waals surface area (Å²) in [5.74, 6) is -2.40. The number of phenolic OH excluding ortho intramolecular Hbond substituents is 1. The summed E-state index contributed by atoms with van der Waals surface area (Å²) in [6.45, 7) is 1.47. The molecular weight excluding hydrogens is 498 g/mol. The fraction of sp³-hybridized carbons (Fsp3) is 0.304. The summed E-state index contributed by atoms with van der Waals surface area (Å²) in [6.07, 6.45) is 0.0158. The van der Waals surface area contributed by atoms with Crippen molar-refractivity contribution in [2.24, 2.45) is 5.73 Å². The minimum Gasteiger partial charge on any atom is -0.507 e. The van der Waals surface area contributed by atoms with Crippen LogP contribution in [0.5, 0.6) is 5.75 Å². The lowest BCUT2D eigenvalue weighted by Gasteiger charge is -2.35. The number of esters is 1. The van der Waals surface area contributed by atoms with Crippen LogP contribution < -0.4 is 16.0 Å². The Bertz CT molecular complexity index is 1310. The van der Waals surface area contributed by atoms with E-state index in [2.05, 4.69) is 20.0 Å². The zero-order valence-corrected chi connectivity index (χ0v) is 20.0. The molecule has 0 radical (unpaired) electrons. The van der Waals surface area contributed by atoms with Gasteiger partial charge in [-0.05, 0) is 18.2 Å². The Balaban J connectivity index is 1.84. The van der Waals surface area contributed by atoms with Gasteiger partial charge in [0.25, 0.3) is 0 Å². The fourth-order valence-corrected chi connectivity index (χ4v) is 4.29. The van der Waals surface area contributed by atoms with Gasteiger partial charge in [-0.15, -0.1) is 0 Å². The third-order valence-electron chi connectivity index (χ3n) is 5.84. The number of primary amides is 1. The van der Waals surface area contributed by atoms with Crippen molar-refractivity contribution in [2.75, 3.05) is 50.1 Å². The van der Waals surface area contributed by atoms with Crippen LogP contribution in [0.2, 0.25) is 5.02 Å². The van der Waals surface area contributed by atoms with E-state index in [1.54, 1.807) is 0 Å². The second-order valence-electron chi connectivity index (χ2n) is 8.01. The molecule has 0 saturated carbocycles. The highest BCUT2D eigenvalue weighted by Gasteiger charge is 2.27. The second-order valence-corrected chi connectivity index (χ2v) is 8.42. The number of halogens is 3. The third-order valence-corrected chi connectivity index (χ3v) is 6.13. The fourth-order valence-electron chi connectivity index (χ4n) is 4.01. The van der Waals surface area contributed by atoms with E-state index >= 15 is 4.39 Å². The largest absolute Gasteiger partial charge is 0.507 e. The number of benzene rings is 2. The Kier molecular flexibility index (Phi) is 7.25. The summed E-state index contributed by atoms with van der Waals surface area (Å²) in [5, 5.41) is 13.2. The van der Waals surface area contributed by atoms with Crippen molar-refractivity contribution in [1.82, 2.24) is 14.9 Å². The molecule has 0 aliphatic carbocycles. The number of aromatic nitrogens is 2. The second kappa shape index (κ2) is 10.4. The van der Waals surface area contributed by atoms with Crippen LogP contribution in [0.3, 0.4) is 0 Å². The SMILES string of the molecule is COC(=O)CCNc1nc(N2CCN(C(N)=O)CC2)c2cc(Cl)c(-c3c(O)cccc3F)c(F)c2n1. The number of rotatable bonds is 6. The molecule has 0 bridgehead atoms. The molecule has 0 spiro atoms. The number of methoxy groups -OCH3 is 1. The number of urea groups is 1. The van der Waals surface area contributed by atoms with E-state index in [9.17, 15) is 19.1 Å². The summed E-state index contributed by atoms with van der Waals surface area (Å²) >= 11 is 6.41. The quantitative estimate of drug-likeness (QED) is 0.422. The molecule has 10 nitrogen and oxygen atoms in total. The first-order valence-electron chi connectivity index (χ1n) is 11.0. The predicted octanol–water partition coefficient (Wildman–Crippen LogP) is 3.11. The molecule has 13 heteroatoms. The van der Waals surface area contributed by atoms with Gasteiger partial charge in [-0.25, -0.2) is 18.6 Å². The lowest BCUT2D eigenvalue weighted by Crippen LogP contribution is -2.50. The zero-order chi connectivity index (χ0) is 26.0. The number of nitrogens with two attached hydrogens (primary N) is 1. The molecule has 1 aliphatic rings. The number of aromatic hydroxyl groups is 1. The van der Waals surface area contributed by atoms with Crippen molar-refractivity contribution >= 4 is 46.3 Å². The molecule has 1 fully saturated rings. The van der Waals surface area contributed by atoms with E-state index in [-0.39, 0.29) is 40.4 Å². The lowest BCUT2D eigenvalue weighted by molar-refractivity contribution is -0.140. The molecule has 0 atom stereocenters. The number of fused-ring (bicyclic) bond motifs is 1. The van der Waals surface area contributed by atoms with Crippen LogP contribution in [0, 0.1) is 11.6 Å². The summed E-state index contributed by atoms with van der Waals surface area (Å²) in [5.41, 5.74) is 4.47. The number of nitrogens with one attached hydrogen (secondary N) is 1. The topological polar surface area (TPSA) is 134 Å². The van der Waals surface area contributed by atoms with Crippen molar-refractivity contribution in [3.63, 3.8) is 0 Å². The van der Waals surface area contributed by atoms with Gasteiger partial charge in [-0.3, -0.25) is 4.79 Å². The van der Waals surface area contributed by atoms with E-state index < -0.39 is 34.9 Å². The van der Waals surface area contributed by atoms with E-state index in [4.69, 9.17) is 17.3 Å². The highest BCUT2D eigenvalue weighted by atomic mass is 35.5. The van der Waals surface area contributed by atoms with Crippen molar-refractivity contribution in [1.29, 1.82) is 0 Å². The predicted molar refractivity (Wildman–Crippen MR) is 130 cm³/mol. The number of carbonyl (C=O) groups excluding carboxylic acids is 2. The maximum absolute atomic E-state index is 15.9. The van der Waals surface area contributed by atoms with Gasteiger partial charge in [-0.1, -0.05) is 17.7 Å². The molecule has 1 aromatic heterocycles. The van der Waals surface area contributed by atoms with Crippen LogP contribution >= 0.6 is 11.6 Å². The molecule has 36 heavy (non-hydrogen) atoms. The smallest absolute Gasteiger partial charge is 0.314 e. The van der Waals surface area contributed by atoms with E-state index in [1.807, 2.05) is 4.90 Å². The van der Waals surface area contributed by atoms with Crippen LogP contribution in [0.25, 0.3) is 22.0 Å². The van der Waals surface area contributed by atoms with Crippen molar-refractivity contribution in [3.8, 4) is 16.9 Å². The molecule has 2 heterocycles. The van der Waals surface area contributed by atoms with Crippen LogP contribution in [-0.2, 0) is 9.53 Å². The average molecular weight is 521 g/mol. The van der Waals surface area contributed by atoms with Crippen molar-refractivity contribution in [2.45, 2.75) is 6.42 Å². The first-order chi connectivity index (χ1) is 17.2. The Morgan fingerprint density at radius 1 is 1.19 bits per heavy atom. The molecule has 1 aliphatic heterocycles. The molecule has 2 aromatic carbocycles. The van der Waals surface area contributed by atoms with E-state index in [1.165, 1.54) is 30.2 Å².